The summed E-state index contributed by atoms with van der Waals surface area (Å²) < 4.78 is 7.59. The SMILES string of the molecule is O=C(Cc1cn2ccsc2n1)NCc1cc2ccccc2o1. The molecule has 0 fully saturated rings. The number of thiazole rings is 1. The first-order valence-electron chi connectivity index (χ1n) is 6.93. The Morgan fingerprint density at radius 1 is 1.36 bits per heavy atom. The number of aromatic nitrogens is 2. The molecular weight excluding hydrogens is 298 g/mol. The third-order valence-electron chi connectivity index (χ3n) is 3.42. The van der Waals surface area contributed by atoms with Crippen molar-refractivity contribution in [3.05, 3.63) is 59.6 Å². The van der Waals surface area contributed by atoms with Crippen LogP contribution in [0.5, 0.6) is 0 Å². The summed E-state index contributed by atoms with van der Waals surface area (Å²) in [6.45, 7) is 0.385. The number of amides is 1. The lowest BCUT2D eigenvalue weighted by Crippen LogP contribution is -2.24. The molecule has 0 bridgehead atoms. The van der Waals surface area contributed by atoms with Crippen LogP contribution in [0.4, 0.5) is 0 Å². The van der Waals surface area contributed by atoms with E-state index >= 15 is 0 Å². The molecule has 22 heavy (non-hydrogen) atoms. The molecule has 0 saturated heterocycles. The molecule has 5 nitrogen and oxygen atoms in total. The maximum Gasteiger partial charge on any atom is 0.226 e. The van der Waals surface area contributed by atoms with E-state index in [2.05, 4.69) is 10.3 Å². The van der Waals surface area contributed by atoms with Crippen LogP contribution in [0.25, 0.3) is 15.9 Å². The maximum absolute atomic E-state index is 12.0. The van der Waals surface area contributed by atoms with Gasteiger partial charge in [0.05, 0.1) is 18.7 Å². The van der Waals surface area contributed by atoms with Crippen LogP contribution in [0.1, 0.15) is 11.5 Å². The number of carbonyl (C=O) groups excluding carboxylic acids is 1. The minimum atomic E-state index is -0.0637. The Morgan fingerprint density at radius 3 is 3.14 bits per heavy atom. The average Bonchev–Trinajstić information content (AvgIpc) is 3.18. The van der Waals surface area contributed by atoms with E-state index < -0.39 is 0 Å². The van der Waals surface area contributed by atoms with E-state index in [9.17, 15) is 4.79 Å². The smallest absolute Gasteiger partial charge is 0.226 e. The summed E-state index contributed by atoms with van der Waals surface area (Å²) in [6, 6.07) is 9.74. The summed E-state index contributed by atoms with van der Waals surface area (Å²) in [5, 5.41) is 5.88. The van der Waals surface area contributed by atoms with Crippen LogP contribution < -0.4 is 5.32 Å². The van der Waals surface area contributed by atoms with E-state index in [1.807, 2.05) is 52.5 Å². The van der Waals surface area contributed by atoms with Gasteiger partial charge in [-0.1, -0.05) is 18.2 Å². The van der Waals surface area contributed by atoms with Crippen LogP contribution in [0, 0.1) is 0 Å². The van der Waals surface area contributed by atoms with Crippen molar-refractivity contribution in [2.75, 3.05) is 0 Å². The molecule has 0 radical (unpaired) electrons. The lowest BCUT2D eigenvalue weighted by Gasteiger charge is -2.00. The summed E-state index contributed by atoms with van der Waals surface area (Å²) in [4.78, 5) is 17.3. The first kappa shape index (κ1) is 13.1. The Balaban J connectivity index is 1.40. The molecule has 0 saturated carbocycles. The zero-order chi connectivity index (χ0) is 14.9. The predicted octanol–water partition coefficient (Wildman–Crippen LogP) is 3.00. The second-order valence-electron chi connectivity index (χ2n) is 5.03. The number of fused-ring (bicyclic) bond motifs is 2. The Kier molecular flexibility index (Phi) is 3.16. The van der Waals surface area contributed by atoms with Crippen LogP contribution >= 0.6 is 11.3 Å². The molecule has 0 spiro atoms. The highest BCUT2D eigenvalue weighted by Crippen LogP contribution is 2.18. The highest BCUT2D eigenvalue weighted by atomic mass is 32.1. The van der Waals surface area contributed by atoms with Gasteiger partial charge in [0.25, 0.3) is 0 Å². The van der Waals surface area contributed by atoms with Gasteiger partial charge in [-0.2, -0.15) is 0 Å². The first-order chi connectivity index (χ1) is 10.8. The van der Waals surface area contributed by atoms with Crippen molar-refractivity contribution in [1.29, 1.82) is 0 Å². The molecular formula is C16H13N3O2S. The van der Waals surface area contributed by atoms with Crippen LogP contribution in [0.2, 0.25) is 0 Å². The van der Waals surface area contributed by atoms with Crippen molar-refractivity contribution in [2.45, 2.75) is 13.0 Å². The third kappa shape index (κ3) is 2.48. The molecule has 0 unspecified atom stereocenters. The zero-order valence-electron chi connectivity index (χ0n) is 11.7. The topological polar surface area (TPSA) is 59.5 Å². The maximum atomic E-state index is 12.0. The molecule has 4 aromatic rings. The van der Waals surface area contributed by atoms with Gasteiger partial charge in [0, 0.05) is 23.2 Å². The van der Waals surface area contributed by atoms with Crippen LogP contribution in [-0.4, -0.2) is 15.3 Å². The molecule has 3 heterocycles. The van der Waals surface area contributed by atoms with Gasteiger partial charge >= 0.3 is 0 Å². The molecule has 0 aliphatic rings. The van der Waals surface area contributed by atoms with Gasteiger partial charge in [0.1, 0.15) is 11.3 Å². The highest BCUT2D eigenvalue weighted by Gasteiger charge is 2.09. The molecule has 1 amide bonds. The van der Waals surface area contributed by atoms with E-state index in [1.54, 1.807) is 11.3 Å². The number of para-hydroxylation sites is 1. The summed E-state index contributed by atoms with van der Waals surface area (Å²) in [7, 11) is 0. The van der Waals surface area contributed by atoms with E-state index in [0.29, 0.717) is 6.54 Å². The fourth-order valence-corrected chi connectivity index (χ4v) is 3.12. The standard InChI is InChI=1S/C16H13N3O2S/c20-15(8-12-10-19-5-6-22-16(19)18-12)17-9-13-7-11-3-1-2-4-14(11)21-13/h1-7,10H,8-9H2,(H,17,20). The lowest BCUT2D eigenvalue weighted by molar-refractivity contribution is -0.120. The highest BCUT2D eigenvalue weighted by molar-refractivity contribution is 7.15. The molecule has 0 aliphatic heterocycles. The van der Waals surface area contributed by atoms with Crippen LogP contribution in [0.15, 0.2) is 52.5 Å². The van der Waals surface area contributed by atoms with Gasteiger partial charge < -0.3 is 9.73 Å². The number of hydrogen-bond donors (Lipinski definition) is 1. The number of imidazole rings is 1. The summed E-state index contributed by atoms with van der Waals surface area (Å²) in [5.74, 6) is 0.687. The number of furan rings is 1. The van der Waals surface area contributed by atoms with E-state index in [-0.39, 0.29) is 12.3 Å². The normalized spacial score (nSPS) is 11.3. The van der Waals surface area contributed by atoms with Crippen molar-refractivity contribution in [1.82, 2.24) is 14.7 Å². The molecule has 3 aromatic heterocycles. The number of nitrogens with zero attached hydrogens (tertiary/aromatic N) is 2. The monoisotopic (exact) mass is 311 g/mol. The summed E-state index contributed by atoms with van der Waals surface area (Å²) in [5.41, 5.74) is 1.61. The second-order valence-corrected chi connectivity index (χ2v) is 5.90. The fraction of sp³-hybridized carbons (Fsp3) is 0.125. The molecule has 0 atom stereocenters. The van der Waals surface area contributed by atoms with Crippen molar-refractivity contribution < 1.29 is 9.21 Å². The number of carbonyl (C=O) groups is 1. The minimum Gasteiger partial charge on any atom is -0.459 e. The fourth-order valence-electron chi connectivity index (χ4n) is 2.40. The Hall–Kier alpha value is -2.60. The van der Waals surface area contributed by atoms with Crippen LogP contribution in [-0.2, 0) is 17.8 Å². The number of benzene rings is 1. The van der Waals surface area contributed by atoms with Gasteiger partial charge in [-0.25, -0.2) is 4.98 Å². The molecule has 1 N–H and O–H groups in total. The minimum absolute atomic E-state index is 0.0637. The Morgan fingerprint density at radius 2 is 2.27 bits per heavy atom. The summed E-state index contributed by atoms with van der Waals surface area (Å²) >= 11 is 1.55. The van der Waals surface area contributed by atoms with Crippen molar-refractivity contribution in [2.24, 2.45) is 0 Å². The van der Waals surface area contributed by atoms with Crippen molar-refractivity contribution in [3.63, 3.8) is 0 Å². The first-order valence-corrected chi connectivity index (χ1v) is 7.81. The zero-order valence-corrected chi connectivity index (χ0v) is 12.5. The predicted molar refractivity (Wildman–Crippen MR) is 84.8 cm³/mol. The molecule has 6 heteroatoms. The van der Waals surface area contributed by atoms with E-state index in [4.69, 9.17) is 4.42 Å². The third-order valence-corrected chi connectivity index (χ3v) is 4.19. The largest absolute Gasteiger partial charge is 0.459 e. The van der Waals surface area contributed by atoms with E-state index in [1.165, 1.54) is 0 Å². The van der Waals surface area contributed by atoms with Gasteiger partial charge in [-0.15, -0.1) is 11.3 Å². The molecule has 4 rings (SSSR count). The van der Waals surface area contributed by atoms with E-state index in [0.717, 1.165) is 27.4 Å². The molecule has 1 aromatic carbocycles. The Labute approximate surface area is 130 Å². The summed E-state index contributed by atoms with van der Waals surface area (Å²) in [6.07, 6.45) is 4.09. The van der Waals surface area contributed by atoms with Gasteiger partial charge in [-0.3, -0.25) is 9.20 Å². The van der Waals surface area contributed by atoms with Crippen molar-refractivity contribution in [3.8, 4) is 0 Å². The molecule has 0 aliphatic carbocycles. The van der Waals surface area contributed by atoms with Crippen LogP contribution in [0.3, 0.4) is 0 Å². The number of hydrogen-bond acceptors (Lipinski definition) is 4. The lowest BCUT2D eigenvalue weighted by atomic mass is 10.2. The Bertz CT molecular complexity index is 889. The average molecular weight is 311 g/mol. The van der Waals surface area contributed by atoms with Crippen molar-refractivity contribution >= 4 is 33.2 Å². The van der Waals surface area contributed by atoms with Gasteiger partial charge in [0.15, 0.2) is 4.96 Å². The van der Waals surface area contributed by atoms with Gasteiger partial charge in [0.2, 0.25) is 5.91 Å². The molecule has 110 valence electrons. The number of rotatable bonds is 4. The second kappa shape index (κ2) is 5.31. The quantitative estimate of drug-likeness (QED) is 0.630. The number of nitrogens with one attached hydrogen (secondary N) is 1. The van der Waals surface area contributed by atoms with Gasteiger partial charge in [-0.05, 0) is 12.1 Å².